The molecule has 4 rings (SSSR count). The quantitative estimate of drug-likeness (QED) is 0.269. The number of methoxy groups -OCH3 is 1. The predicted octanol–water partition coefficient (Wildman–Crippen LogP) is 4.41. The molecule has 4 N–H and O–H groups in total. The van der Waals surface area contributed by atoms with Crippen LogP contribution in [0.1, 0.15) is 53.4 Å². The van der Waals surface area contributed by atoms with E-state index in [2.05, 4.69) is 10.6 Å². The first-order valence-corrected chi connectivity index (χ1v) is 14.9. The number of amides is 4. The number of rotatable bonds is 9. The summed E-state index contributed by atoms with van der Waals surface area (Å²) < 4.78 is 5.10. The van der Waals surface area contributed by atoms with E-state index in [4.69, 9.17) is 4.74 Å². The molecule has 9 nitrogen and oxygen atoms in total. The van der Waals surface area contributed by atoms with Crippen molar-refractivity contribution < 1.29 is 33.8 Å². The molecule has 3 aromatic carbocycles. The number of urea groups is 1. The van der Waals surface area contributed by atoms with E-state index in [1.807, 2.05) is 82.3 Å². The van der Waals surface area contributed by atoms with E-state index in [1.54, 1.807) is 26.2 Å². The highest BCUT2D eigenvalue weighted by atomic mass is 16.5. The van der Waals surface area contributed by atoms with Gasteiger partial charge in [-0.05, 0) is 56.0 Å². The van der Waals surface area contributed by atoms with Gasteiger partial charge >= 0.3 is 11.9 Å². The number of nitrogens with one attached hydrogen (secondary N) is 2. The van der Waals surface area contributed by atoms with E-state index >= 15 is 0 Å². The Hall–Kier alpha value is -4.05. The molecule has 0 spiro atoms. The maximum absolute atomic E-state index is 14.6. The van der Waals surface area contributed by atoms with Crippen molar-refractivity contribution in [1.82, 2.24) is 10.6 Å². The number of aromatic hydroxyl groups is 1. The number of hydrogen-bond acceptors (Lipinski definition) is 6. The summed E-state index contributed by atoms with van der Waals surface area (Å²) in [6.07, 6.45) is -2.06. The number of phenolic OH excluding ortho intramolecular Hbond substituents is 1. The van der Waals surface area contributed by atoms with Crippen LogP contribution in [0, 0.1) is 19.3 Å². The minimum Gasteiger partial charge on any atom is -0.508 e. The average Bonchev–Trinajstić information content (AvgIpc) is 3.22. The van der Waals surface area contributed by atoms with Gasteiger partial charge in [-0.15, -0.1) is 0 Å². The van der Waals surface area contributed by atoms with Crippen molar-refractivity contribution in [1.29, 1.82) is 0 Å². The Bertz CT molecular complexity index is 1510. The SMILES string of the molecule is CO[C@@H]1C[N+](C(=O)NCc2ccccc2C)(C(=O)[C@@H](O)[C@H](Cc2ccccc2)NC(=O)c2cccc(O)c2C)C(C)C1(C)C. The number of hydrogen-bond donors (Lipinski definition) is 4. The average molecular weight is 603 g/mol. The van der Waals surface area contributed by atoms with Gasteiger partial charge in [0.25, 0.3) is 5.91 Å². The highest BCUT2D eigenvalue weighted by Gasteiger charge is 2.66. The number of nitrogens with zero attached hydrogens (tertiary/aromatic N) is 1. The standard InChI is InChI=1S/C35H43N3O6/c1-22-13-10-11-16-26(22)20-36-34(43)38(21-30(44-6)35(4,5)24(38)3)33(42)31(40)28(19-25-14-8-7-9-15-25)37-32(41)27-17-12-18-29(39)23(27)2/h7-18,24,28,30-31,40H,19-21H2,1-6H3,(H2-,36,37,39,41,43)/p+1/t24?,28-,30+,31-,38?/m0/s1. The fourth-order valence-corrected chi connectivity index (χ4v) is 6.26. The maximum Gasteiger partial charge on any atom is 0.424 e. The van der Waals surface area contributed by atoms with Gasteiger partial charge in [-0.2, -0.15) is 4.48 Å². The van der Waals surface area contributed by atoms with Crippen molar-refractivity contribution >= 4 is 17.8 Å². The van der Waals surface area contributed by atoms with E-state index in [0.29, 0.717) is 5.56 Å². The van der Waals surface area contributed by atoms with Gasteiger partial charge in [-0.25, -0.2) is 9.59 Å². The van der Waals surface area contributed by atoms with Crippen LogP contribution in [-0.4, -0.2) is 70.5 Å². The molecule has 0 saturated carbocycles. The number of likely N-dealkylation sites (tertiary alicyclic amines) is 1. The van der Waals surface area contributed by atoms with E-state index in [0.717, 1.165) is 16.7 Å². The van der Waals surface area contributed by atoms with Crippen molar-refractivity contribution in [3.05, 3.63) is 101 Å². The summed E-state index contributed by atoms with van der Waals surface area (Å²) in [5.74, 6) is -1.31. The number of carbonyl (C=O) groups is 3. The lowest BCUT2D eigenvalue weighted by molar-refractivity contribution is -0.792. The second kappa shape index (κ2) is 13.3. The Morgan fingerprint density at radius 3 is 2.30 bits per heavy atom. The number of quaternary nitrogens is 1. The molecule has 2 unspecified atom stereocenters. The van der Waals surface area contributed by atoms with Crippen LogP contribution in [0.5, 0.6) is 5.75 Å². The van der Waals surface area contributed by atoms with Gasteiger partial charge in [-0.1, -0.05) is 74.5 Å². The van der Waals surface area contributed by atoms with Crippen molar-refractivity contribution in [2.75, 3.05) is 13.7 Å². The van der Waals surface area contributed by atoms with Gasteiger partial charge in [0.1, 0.15) is 24.4 Å². The number of imide groups is 1. The summed E-state index contributed by atoms with van der Waals surface area (Å²) in [6, 6.07) is 19.3. The molecule has 0 bridgehead atoms. The van der Waals surface area contributed by atoms with Crippen molar-refractivity contribution in [2.45, 2.75) is 71.9 Å². The zero-order valence-electron chi connectivity index (χ0n) is 26.3. The molecule has 1 saturated heterocycles. The molecule has 3 aromatic rings. The van der Waals surface area contributed by atoms with Gasteiger partial charge in [0.05, 0.1) is 6.04 Å². The Balaban J connectivity index is 1.72. The van der Waals surface area contributed by atoms with Crippen LogP contribution in [0.4, 0.5) is 4.79 Å². The largest absolute Gasteiger partial charge is 0.508 e. The molecule has 4 amide bonds. The highest BCUT2D eigenvalue weighted by molar-refractivity contribution is 5.97. The number of aryl methyl sites for hydroxylation is 1. The number of carbonyl (C=O) groups excluding carboxylic acids is 3. The first-order valence-electron chi connectivity index (χ1n) is 14.9. The second-order valence-corrected chi connectivity index (χ2v) is 12.4. The van der Waals surface area contributed by atoms with Crippen LogP contribution in [0.3, 0.4) is 0 Å². The Morgan fingerprint density at radius 2 is 1.66 bits per heavy atom. The summed E-state index contributed by atoms with van der Waals surface area (Å²) >= 11 is 0. The number of benzene rings is 3. The molecule has 0 aromatic heterocycles. The first-order chi connectivity index (χ1) is 20.8. The lowest BCUT2D eigenvalue weighted by atomic mass is 9.83. The third kappa shape index (κ3) is 6.26. The van der Waals surface area contributed by atoms with Gasteiger partial charge in [0.2, 0.25) is 0 Å². The Labute approximate surface area is 259 Å². The molecule has 1 heterocycles. The number of aliphatic hydroxyl groups excluding tert-OH is 1. The van der Waals surface area contributed by atoms with Crippen molar-refractivity contribution in [3.8, 4) is 5.75 Å². The molecule has 234 valence electrons. The van der Waals surface area contributed by atoms with Crippen LogP contribution in [0.25, 0.3) is 0 Å². The second-order valence-electron chi connectivity index (χ2n) is 12.4. The normalized spacial score (nSPS) is 22.2. The van der Waals surface area contributed by atoms with Crippen LogP contribution in [-0.2, 0) is 22.5 Å². The predicted molar refractivity (Wildman–Crippen MR) is 168 cm³/mol. The summed E-state index contributed by atoms with van der Waals surface area (Å²) in [7, 11) is 1.56. The minimum atomic E-state index is -1.74. The topological polar surface area (TPSA) is 125 Å². The van der Waals surface area contributed by atoms with Gasteiger partial charge in [0.15, 0.2) is 6.10 Å². The third-order valence-electron chi connectivity index (χ3n) is 9.55. The molecular weight excluding hydrogens is 558 g/mol. The van der Waals surface area contributed by atoms with Crippen molar-refractivity contribution in [3.63, 3.8) is 0 Å². The fraction of sp³-hybridized carbons (Fsp3) is 0.400. The molecule has 44 heavy (non-hydrogen) atoms. The monoisotopic (exact) mass is 602 g/mol. The van der Waals surface area contributed by atoms with Crippen LogP contribution in [0.15, 0.2) is 72.8 Å². The Morgan fingerprint density at radius 1 is 1.00 bits per heavy atom. The minimum absolute atomic E-state index is 0.0256. The van der Waals surface area contributed by atoms with E-state index in [-0.39, 0.29) is 30.8 Å². The maximum atomic E-state index is 14.6. The highest BCUT2D eigenvalue weighted by Crippen LogP contribution is 2.44. The zero-order chi connectivity index (χ0) is 32.2. The molecular formula is C35H44N3O6+. The molecule has 0 aliphatic carbocycles. The molecule has 1 aliphatic rings. The molecule has 9 heteroatoms. The first kappa shape index (κ1) is 32.9. The summed E-state index contributed by atoms with van der Waals surface area (Å²) in [4.78, 5) is 42.3. The lowest BCUT2D eigenvalue weighted by Crippen LogP contribution is -2.69. The summed E-state index contributed by atoms with van der Waals surface area (Å²) in [6.45, 7) is 9.54. The molecule has 5 atom stereocenters. The lowest BCUT2D eigenvalue weighted by Gasteiger charge is -2.38. The summed E-state index contributed by atoms with van der Waals surface area (Å²) in [5.41, 5.74) is 2.71. The number of aliphatic hydroxyl groups is 1. The third-order valence-corrected chi connectivity index (χ3v) is 9.55. The van der Waals surface area contributed by atoms with E-state index in [1.165, 1.54) is 6.07 Å². The van der Waals surface area contributed by atoms with Crippen LogP contribution in [0.2, 0.25) is 0 Å². The van der Waals surface area contributed by atoms with E-state index < -0.39 is 52.0 Å². The zero-order valence-corrected chi connectivity index (χ0v) is 26.3. The molecule has 1 fully saturated rings. The van der Waals surface area contributed by atoms with Crippen LogP contribution < -0.4 is 10.6 Å². The summed E-state index contributed by atoms with van der Waals surface area (Å²) in [5, 5.41) is 27.9. The van der Waals surface area contributed by atoms with Gasteiger partial charge in [0, 0.05) is 30.2 Å². The molecule has 0 radical (unpaired) electrons. The van der Waals surface area contributed by atoms with Gasteiger partial charge < -0.3 is 25.6 Å². The Kier molecular flexibility index (Phi) is 9.93. The van der Waals surface area contributed by atoms with Crippen molar-refractivity contribution in [2.24, 2.45) is 5.41 Å². The van der Waals surface area contributed by atoms with Gasteiger partial charge in [-0.3, -0.25) is 4.79 Å². The smallest absolute Gasteiger partial charge is 0.424 e. The van der Waals surface area contributed by atoms with Crippen LogP contribution >= 0.6 is 0 Å². The van der Waals surface area contributed by atoms with E-state index in [9.17, 15) is 24.6 Å². The number of phenols is 1. The number of ether oxygens (including phenoxy) is 1. The molecule has 1 aliphatic heterocycles. The fourth-order valence-electron chi connectivity index (χ4n) is 6.26.